The molecular weight excluding hydrogens is 274 g/mol. The van der Waals surface area contributed by atoms with Gasteiger partial charge in [-0.05, 0) is 49.0 Å². The van der Waals surface area contributed by atoms with Gasteiger partial charge >= 0.3 is 0 Å². The van der Waals surface area contributed by atoms with Crippen molar-refractivity contribution in [2.24, 2.45) is 5.92 Å². The van der Waals surface area contributed by atoms with Gasteiger partial charge in [0.05, 0.1) is 0 Å². The van der Waals surface area contributed by atoms with Crippen LogP contribution in [-0.4, -0.2) is 23.1 Å². The Morgan fingerprint density at radius 3 is 2.43 bits per heavy atom. The summed E-state index contributed by atoms with van der Waals surface area (Å²) in [6.45, 7) is 11.4. The summed E-state index contributed by atoms with van der Waals surface area (Å²) in [4.78, 5) is 0. The molecule has 1 unspecified atom stereocenters. The average Bonchev–Trinajstić information content (AvgIpc) is 2.93. The summed E-state index contributed by atoms with van der Waals surface area (Å²) in [5.74, 6) is 2.04. The highest BCUT2D eigenvalue weighted by Crippen LogP contribution is 2.59. The monoisotopic (exact) mass is 307 g/mol. The lowest BCUT2D eigenvalue weighted by Gasteiger charge is -2.42. The molecule has 0 bridgehead atoms. The standard InChI is InChI=1S/C19H33NS/c1-5-20(6-2)21(14-12-17(3)4)15-13-19(16-21)18-10-8-7-9-11-18/h12-13,15-16,18H,5-11,14H2,1-4H3. The third-order valence-electron chi connectivity index (χ3n) is 4.86. The van der Waals surface area contributed by atoms with Gasteiger partial charge in [0.15, 0.2) is 0 Å². The van der Waals surface area contributed by atoms with Crippen LogP contribution in [0.25, 0.3) is 0 Å². The van der Waals surface area contributed by atoms with E-state index in [1.807, 2.05) is 0 Å². The van der Waals surface area contributed by atoms with Gasteiger partial charge in [-0.1, -0.05) is 50.8 Å². The largest absolute Gasteiger partial charge is 0.261 e. The highest BCUT2D eigenvalue weighted by atomic mass is 32.3. The van der Waals surface area contributed by atoms with Gasteiger partial charge in [0, 0.05) is 18.8 Å². The molecule has 2 aliphatic rings. The zero-order chi connectivity index (χ0) is 15.3. The third kappa shape index (κ3) is 4.04. The van der Waals surface area contributed by atoms with Crippen LogP contribution in [0.2, 0.25) is 0 Å². The smallest absolute Gasteiger partial charge is 0.0147 e. The molecule has 1 aliphatic heterocycles. The van der Waals surface area contributed by atoms with E-state index < -0.39 is 10.2 Å². The maximum Gasteiger partial charge on any atom is 0.0147 e. The molecular formula is C19H33NS. The van der Waals surface area contributed by atoms with E-state index in [0.717, 1.165) is 19.0 Å². The lowest BCUT2D eigenvalue weighted by atomic mass is 9.84. The van der Waals surface area contributed by atoms with Crippen molar-refractivity contribution in [1.29, 1.82) is 0 Å². The Kier molecular flexibility index (Phi) is 6.19. The molecule has 0 amide bonds. The molecule has 0 spiro atoms. The van der Waals surface area contributed by atoms with Crippen molar-refractivity contribution in [3.8, 4) is 0 Å². The summed E-state index contributed by atoms with van der Waals surface area (Å²) < 4.78 is 2.69. The molecule has 0 aromatic heterocycles. The van der Waals surface area contributed by atoms with Crippen molar-refractivity contribution in [1.82, 2.24) is 4.31 Å². The maximum atomic E-state index is 2.69. The zero-order valence-electron chi connectivity index (χ0n) is 14.4. The highest BCUT2D eigenvalue weighted by Gasteiger charge is 2.30. The Morgan fingerprint density at radius 2 is 1.86 bits per heavy atom. The van der Waals surface area contributed by atoms with E-state index in [1.165, 1.54) is 43.4 Å². The summed E-state index contributed by atoms with van der Waals surface area (Å²) in [6.07, 6.45) is 12.0. The maximum absolute atomic E-state index is 2.69. The Hall–Kier alpha value is -0.470. The predicted molar refractivity (Wildman–Crippen MR) is 98.6 cm³/mol. The van der Waals surface area contributed by atoms with E-state index in [9.17, 15) is 0 Å². The molecule has 1 saturated carbocycles. The number of rotatable bonds is 6. The van der Waals surface area contributed by atoms with Gasteiger partial charge < -0.3 is 0 Å². The molecule has 2 heteroatoms. The fourth-order valence-corrected chi connectivity index (χ4v) is 7.07. The summed E-state index contributed by atoms with van der Waals surface area (Å²) in [6, 6.07) is 0. The minimum absolute atomic E-state index is 0.839. The first-order valence-corrected chi connectivity index (χ1v) is 10.6. The lowest BCUT2D eigenvalue weighted by Crippen LogP contribution is -2.26. The molecule has 0 aromatic carbocycles. The van der Waals surface area contributed by atoms with Crippen LogP contribution in [0.5, 0.6) is 0 Å². The first-order valence-electron chi connectivity index (χ1n) is 8.70. The van der Waals surface area contributed by atoms with Crippen molar-refractivity contribution in [3.05, 3.63) is 34.1 Å². The van der Waals surface area contributed by atoms with E-state index >= 15 is 0 Å². The van der Waals surface area contributed by atoms with Crippen LogP contribution in [0.15, 0.2) is 34.1 Å². The van der Waals surface area contributed by atoms with Crippen LogP contribution < -0.4 is 0 Å². The summed E-state index contributed by atoms with van der Waals surface area (Å²) in [5.41, 5.74) is 3.10. The Balaban J connectivity index is 2.23. The van der Waals surface area contributed by atoms with Crippen LogP contribution >= 0.6 is 10.2 Å². The van der Waals surface area contributed by atoms with Crippen molar-refractivity contribution in [2.45, 2.75) is 59.8 Å². The molecule has 1 fully saturated rings. The van der Waals surface area contributed by atoms with Crippen molar-refractivity contribution in [2.75, 3.05) is 18.8 Å². The minimum atomic E-state index is -0.881. The molecule has 1 atom stereocenters. The van der Waals surface area contributed by atoms with E-state index in [2.05, 4.69) is 55.0 Å². The van der Waals surface area contributed by atoms with Gasteiger partial charge in [-0.3, -0.25) is 4.31 Å². The molecule has 1 aliphatic carbocycles. The van der Waals surface area contributed by atoms with Gasteiger partial charge in [0.25, 0.3) is 0 Å². The molecule has 0 aromatic rings. The topological polar surface area (TPSA) is 3.24 Å². The lowest BCUT2D eigenvalue weighted by molar-refractivity contribution is 0.409. The summed E-state index contributed by atoms with van der Waals surface area (Å²) in [5, 5.41) is 5.23. The van der Waals surface area contributed by atoms with Crippen molar-refractivity contribution in [3.63, 3.8) is 0 Å². The Labute approximate surface area is 133 Å². The Morgan fingerprint density at radius 1 is 1.19 bits per heavy atom. The molecule has 2 rings (SSSR count). The SMILES string of the molecule is CCN(CC)S1(CC=C(C)C)C=CC(C2CCCCC2)=C1. The Bertz CT molecular complexity index is 421. The average molecular weight is 308 g/mol. The normalized spacial score (nSPS) is 29.3. The molecule has 1 heterocycles. The molecule has 0 N–H and O–H groups in total. The van der Waals surface area contributed by atoms with Gasteiger partial charge in [0.2, 0.25) is 0 Å². The highest BCUT2D eigenvalue weighted by molar-refractivity contribution is 8.36. The van der Waals surface area contributed by atoms with E-state index in [0.29, 0.717) is 0 Å². The molecule has 120 valence electrons. The van der Waals surface area contributed by atoms with Crippen LogP contribution in [-0.2, 0) is 0 Å². The number of hydrogen-bond acceptors (Lipinski definition) is 1. The van der Waals surface area contributed by atoms with Gasteiger partial charge in [-0.15, -0.1) is 10.2 Å². The van der Waals surface area contributed by atoms with Crippen molar-refractivity contribution < 1.29 is 0 Å². The van der Waals surface area contributed by atoms with Crippen LogP contribution in [0, 0.1) is 5.92 Å². The van der Waals surface area contributed by atoms with Crippen LogP contribution in [0.1, 0.15) is 59.8 Å². The minimum Gasteiger partial charge on any atom is -0.261 e. The number of hydrogen-bond donors (Lipinski definition) is 0. The fraction of sp³-hybridized carbons (Fsp3) is 0.684. The van der Waals surface area contributed by atoms with Crippen LogP contribution in [0.3, 0.4) is 0 Å². The van der Waals surface area contributed by atoms with Gasteiger partial charge in [-0.2, -0.15) is 0 Å². The third-order valence-corrected chi connectivity index (χ3v) is 8.32. The molecule has 0 saturated heterocycles. The molecule has 1 nitrogen and oxygen atoms in total. The number of nitrogens with zero attached hydrogens (tertiary/aromatic N) is 1. The number of allylic oxidation sites excluding steroid dienone is 3. The first kappa shape index (κ1) is 16.9. The molecule has 21 heavy (non-hydrogen) atoms. The summed E-state index contributed by atoms with van der Waals surface area (Å²) >= 11 is 0. The second-order valence-electron chi connectivity index (χ2n) is 6.63. The van der Waals surface area contributed by atoms with Gasteiger partial charge in [-0.25, -0.2) is 0 Å². The second-order valence-corrected chi connectivity index (χ2v) is 9.60. The van der Waals surface area contributed by atoms with E-state index in [1.54, 1.807) is 5.57 Å². The summed E-state index contributed by atoms with van der Waals surface area (Å²) in [7, 11) is -0.881. The second kappa shape index (κ2) is 7.69. The van der Waals surface area contributed by atoms with Crippen LogP contribution in [0.4, 0.5) is 0 Å². The van der Waals surface area contributed by atoms with Crippen molar-refractivity contribution >= 4 is 10.2 Å². The quantitative estimate of drug-likeness (QED) is 0.543. The zero-order valence-corrected chi connectivity index (χ0v) is 15.2. The first-order chi connectivity index (χ1) is 10.1. The fourth-order valence-electron chi connectivity index (χ4n) is 3.55. The molecule has 0 radical (unpaired) electrons. The van der Waals surface area contributed by atoms with E-state index in [4.69, 9.17) is 0 Å². The predicted octanol–water partition coefficient (Wildman–Crippen LogP) is 6.01. The van der Waals surface area contributed by atoms with E-state index in [-0.39, 0.29) is 0 Å². The van der Waals surface area contributed by atoms with Gasteiger partial charge in [0.1, 0.15) is 0 Å².